The first-order valence-corrected chi connectivity index (χ1v) is 7.55. The molecule has 0 saturated heterocycles. The molecule has 0 fully saturated rings. The van der Waals surface area contributed by atoms with Gasteiger partial charge in [-0.05, 0) is 17.2 Å². The summed E-state index contributed by atoms with van der Waals surface area (Å²) < 4.78 is 3.72. The average molecular weight is 325 g/mol. The lowest BCUT2D eigenvalue weighted by Crippen LogP contribution is -2.04. The van der Waals surface area contributed by atoms with E-state index in [-0.39, 0.29) is 0 Å². The molecule has 6 nitrogen and oxygen atoms in total. The molecule has 0 amide bonds. The quantitative estimate of drug-likeness (QED) is 0.542. The smallest absolute Gasteiger partial charge is 0.162 e. The second-order valence-electron chi connectivity index (χ2n) is 5.22. The highest BCUT2D eigenvalue weighted by Gasteiger charge is 2.08. The van der Waals surface area contributed by atoms with E-state index in [0.29, 0.717) is 11.7 Å². The molecule has 4 rings (SSSR count). The van der Waals surface area contributed by atoms with E-state index >= 15 is 0 Å². The lowest BCUT2D eigenvalue weighted by Gasteiger charge is -2.06. The number of hydrogen-bond donors (Lipinski definition) is 0. The molecule has 0 N–H and O–H groups in total. The molecule has 1 aromatic carbocycles. The van der Waals surface area contributed by atoms with Crippen LogP contribution in [0.2, 0.25) is 5.15 Å². The third-order valence-electron chi connectivity index (χ3n) is 3.64. The molecule has 0 atom stereocenters. The van der Waals surface area contributed by atoms with Crippen LogP contribution in [0.5, 0.6) is 0 Å². The van der Waals surface area contributed by atoms with Crippen molar-refractivity contribution in [2.75, 3.05) is 0 Å². The molecule has 4 aromatic rings. The Hall–Kier alpha value is -2.73. The van der Waals surface area contributed by atoms with E-state index in [2.05, 4.69) is 44.4 Å². The lowest BCUT2D eigenvalue weighted by molar-refractivity contribution is 0.683. The second kappa shape index (κ2) is 5.81. The van der Waals surface area contributed by atoms with Crippen molar-refractivity contribution in [2.45, 2.75) is 13.1 Å². The normalized spacial score (nSPS) is 11.2. The van der Waals surface area contributed by atoms with Crippen molar-refractivity contribution in [1.82, 2.24) is 29.5 Å². The molecule has 0 unspecified atom stereocenters. The summed E-state index contributed by atoms with van der Waals surface area (Å²) in [4.78, 5) is 8.23. The summed E-state index contributed by atoms with van der Waals surface area (Å²) in [7, 11) is 0. The molecule has 0 bridgehead atoms. The molecule has 0 aliphatic rings. The van der Waals surface area contributed by atoms with Crippen LogP contribution in [0, 0.1) is 0 Å². The zero-order chi connectivity index (χ0) is 15.6. The Bertz CT molecular complexity index is 927. The van der Waals surface area contributed by atoms with Gasteiger partial charge in [-0.1, -0.05) is 35.9 Å². The van der Waals surface area contributed by atoms with E-state index in [9.17, 15) is 0 Å². The fourth-order valence-corrected chi connectivity index (χ4v) is 2.66. The first-order chi connectivity index (χ1) is 11.3. The van der Waals surface area contributed by atoms with Gasteiger partial charge in [-0.3, -0.25) is 4.68 Å². The first kappa shape index (κ1) is 13.9. The van der Waals surface area contributed by atoms with Crippen LogP contribution in [0.4, 0.5) is 0 Å². The predicted molar refractivity (Wildman–Crippen MR) is 87.2 cm³/mol. The van der Waals surface area contributed by atoms with E-state index in [1.165, 1.54) is 11.9 Å². The van der Waals surface area contributed by atoms with Crippen LogP contribution in [0.3, 0.4) is 0 Å². The number of aromatic nitrogens is 6. The van der Waals surface area contributed by atoms with Crippen LogP contribution < -0.4 is 0 Å². The number of nitrogens with zero attached hydrogens (tertiary/aromatic N) is 6. The van der Waals surface area contributed by atoms with E-state index in [1.54, 1.807) is 12.4 Å². The topological polar surface area (TPSA) is 61.4 Å². The van der Waals surface area contributed by atoms with E-state index in [4.69, 9.17) is 11.6 Å². The Kier molecular flexibility index (Phi) is 3.51. The van der Waals surface area contributed by atoms with Crippen LogP contribution in [0.1, 0.15) is 11.1 Å². The van der Waals surface area contributed by atoms with Crippen LogP contribution in [0.25, 0.3) is 11.0 Å². The third-order valence-corrected chi connectivity index (χ3v) is 3.95. The Morgan fingerprint density at radius 1 is 0.957 bits per heavy atom. The summed E-state index contributed by atoms with van der Waals surface area (Å²) in [6, 6.07) is 10.3. The summed E-state index contributed by atoms with van der Waals surface area (Å²) in [5.74, 6) is 0. The average Bonchev–Trinajstić information content (AvgIpc) is 3.20. The molecule has 0 spiro atoms. The lowest BCUT2D eigenvalue weighted by atomic mass is 10.1. The van der Waals surface area contributed by atoms with Crippen molar-refractivity contribution in [2.24, 2.45) is 0 Å². The summed E-state index contributed by atoms with van der Waals surface area (Å²) in [5, 5.41) is 9.76. The fraction of sp³-hybridized carbons (Fsp3) is 0.125. The number of benzene rings is 1. The van der Waals surface area contributed by atoms with Crippen LogP contribution in [0.15, 0.2) is 55.2 Å². The van der Waals surface area contributed by atoms with Crippen molar-refractivity contribution in [3.63, 3.8) is 0 Å². The molecule has 0 saturated carbocycles. The monoisotopic (exact) mass is 324 g/mol. The van der Waals surface area contributed by atoms with Gasteiger partial charge in [-0.15, -0.1) is 0 Å². The van der Waals surface area contributed by atoms with E-state index in [0.717, 1.165) is 23.1 Å². The van der Waals surface area contributed by atoms with Crippen molar-refractivity contribution in [3.05, 3.63) is 71.5 Å². The van der Waals surface area contributed by atoms with Crippen LogP contribution >= 0.6 is 11.6 Å². The van der Waals surface area contributed by atoms with Gasteiger partial charge in [0.1, 0.15) is 11.5 Å². The second-order valence-corrected chi connectivity index (χ2v) is 5.58. The number of hydrogen-bond acceptors (Lipinski definition) is 4. The minimum Gasteiger partial charge on any atom is -0.268 e. The zero-order valence-electron chi connectivity index (χ0n) is 12.2. The number of rotatable bonds is 4. The molecule has 0 radical (unpaired) electrons. The molecule has 7 heteroatoms. The predicted octanol–water partition coefficient (Wildman–Crippen LogP) is 2.77. The zero-order valence-corrected chi connectivity index (χ0v) is 12.9. The van der Waals surface area contributed by atoms with E-state index in [1.807, 2.05) is 21.6 Å². The van der Waals surface area contributed by atoms with Crippen LogP contribution in [-0.4, -0.2) is 29.5 Å². The maximum atomic E-state index is 6.05. The Morgan fingerprint density at radius 3 is 2.48 bits per heavy atom. The van der Waals surface area contributed by atoms with Gasteiger partial charge in [-0.2, -0.15) is 10.2 Å². The molecule has 0 aliphatic heterocycles. The Morgan fingerprint density at radius 2 is 1.74 bits per heavy atom. The van der Waals surface area contributed by atoms with Crippen LogP contribution in [-0.2, 0) is 13.1 Å². The van der Waals surface area contributed by atoms with Crippen molar-refractivity contribution >= 4 is 22.6 Å². The summed E-state index contributed by atoms with van der Waals surface area (Å²) >= 11 is 6.05. The van der Waals surface area contributed by atoms with Gasteiger partial charge in [0, 0.05) is 12.4 Å². The largest absolute Gasteiger partial charge is 0.268 e. The standard InChI is InChI=1S/C16H13ClN6/c17-15-14-8-21-23(16(14)19-11-18-15)10-13-4-2-12(3-5-13)9-22-7-1-6-20-22/h1-8,11H,9-10H2. The van der Waals surface area contributed by atoms with Crippen molar-refractivity contribution in [1.29, 1.82) is 0 Å². The molecule has 114 valence electrons. The molecular weight excluding hydrogens is 312 g/mol. The number of halogens is 1. The summed E-state index contributed by atoms with van der Waals surface area (Å²) in [6.07, 6.45) is 6.89. The summed E-state index contributed by atoms with van der Waals surface area (Å²) in [5.41, 5.74) is 3.09. The van der Waals surface area contributed by atoms with Crippen molar-refractivity contribution in [3.8, 4) is 0 Å². The van der Waals surface area contributed by atoms with Gasteiger partial charge in [0.25, 0.3) is 0 Å². The molecule has 3 heterocycles. The fourth-order valence-electron chi connectivity index (χ4n) is 2.48. The van der Waals surface area contributed by atoms with Gasteiger partial charge in [0.2, 0.25) is 0 Å². The highest BCUT2D eigenvalue weighted by atomic mass is 35.5. The molecule has 23 heavy (non-hydrogen) atoms. The first-order valence-electron chi connectivity index (χ1n) is 7.17. The number of fused-ring (bicyclic) bond motifs is 1. The van der Waals surface area contributed by atoms with Gasteiger partial charge in [-0.25, -0.2) is 14.6 Å². The van der Waals surface area contributed by atoms with Gasteiger partial charge >= 0.3 is 0 Å². The molecule has 0 aliphatic carbocycles. The van der Waals surface area contributed by atoms with E-state index < -0.39 is 0 Å². The minimum atomic E-state index is 0.427. The molecular formula is C16H13ClN6. The maximum absolute atomic E-state index is 6.05. The highest BCUT2D eigenvalue weighted by molar-refractivity contribution is 6.33. The Labute approximate surface area is 137 Å². The van der Waals surface area contributed by atoms with Gasteiger partial charge in [0.05, 0.1) is 24.7 Å². The van der Waals surface area contributed by atoms with Crippen molar-refractivity contribution < 1.29 is 0 Å². The summed E-state index contributed by atoms with van der Waals surface area (Å²) in [6.45, 7) is 1.40. The molecule has 3 aromatic heterocycles. The van der Waals surface area contributed by atoms with Gasteiger partial charge < -0.3 is 0 Å². The highest BCUT2D eigenvalue weighted by Crippen LogP contribution is 2.19. The SMILES string of the molecule is Clc1ncnc2c1cnn2Cc1ccc(Cn2cccn2)cc1. The maximum Gasteiger partial charge on any atom is 0.162 e. The minimum absolute atomic E-state index is 0.427. The third kappa shape index (κ3) is 2.80. The van der Waals surface area contributed by atoms with Gasteiger partial charge in [0.15, 0.2) is 5.65 Å². The Balaban J connectivity index is 1.55.